The van der Waals surface area contributed by atoms with E-state index in [-0.39, 0.29) is 47.7 Å². The molecule has 1 aliphatic heterocycles. The number of benzene rings is 1. The molecule has 30 heavy (non-hydrogen) atoms. The Morgan fingerprint density at radius 2 is 1.93 bits per heavy atom. The molecule has 2 heterocycles. The monoisotopic (exact) mass is 409 g/mol. The first kappa shape index (κ1) is 20.1. The van der Waals surface area contributed by atoms with E-state index in [2.05, 4.69) is 15.6 Å². The summed E-state index contributed by atoms with van der Waals surface area (Å²) in [6.07, 6.45) is 3.19. The summed E-state index contributed by atoms with van der Waals surface area (Å²) in [5, 5.41) is 5.78. The van der Waals surface area contributed by atoms with Gasteiger partial charge in [-0.2, -0.15) is 0 Å². The molecule has 1 atom stereocenters. The molecule has 1 aliphatic carbocycles. The van der Waals surface area contributed by atoms with Crippen LogP contribution in [0.1, 0.15) is 60.2 Å². The van der Waals surface area contributed by atoms with Gasteiger partial charge in [-0.25, -0.2) is 4.98 Å². The number of hydrogen-bond acceptors (Lipinski definition) is 4. The molecule has 1 aromatic carbocycles. The highest BCUT2D eigenvalue weighted by Gasteiger charge is 2.53. The summed E-state index contributed by atoms with van der Waals surface area (Å²) >= 11 is 0. The largest absolute Gasteiger partial charge is 0.350 e. The number of hydrogen-bond donors (Lipinski definition) is 2. The molecule has 4 rings (SSSR count). The standard InChI is InChI=1S/C22H27N5O3/c1-14(2)25-19(28)17-18-20(29)27(16-9-10-16)22(3,12-26(18)13-24-17)21(30)23-11-15-7-5-4-6-8-15/h4-8,13-14,16H,9-12H2,1-3H3,(H,23,30)(H,25,28). The van der Waals surface area contributed by atoms with Gasteiger partial charge in [0.15, 0.2) is 5.69 Å². The lowest BCUT2D eigenvalue weighted by atomic mass is 9.93. The highest BCUT2D eigenvalue weighted by molar-refractivity contribution is 6.07. The predicted molar refractivity (Wildman–Crippen MR) is 111 cm³/mol. The number of amides is 3. The van der Waals surface area contributed by atoms with Gasteiger partial charge in [0.2, 0.25) is 5.91 Å². The zero-order chi connectivity index (χ0) is 21.5. The molecule has 1 aromatic heterocycles. The van der Waals surface area contributed by atoms with Crippen LogP contribution in [0.25, 0.3) is 0 Å². The van der Waals surface area contributed by atoms with Crippen LogP contribution in [0.4, 0.5) is 0 Å². The molecule has 1 fully saturated rings. The van der Waals surface area contributed by atoms with Crippen LogP contribution in [0.5, 0.6) is 0 Å². The average Bonchev–Trinajstić information content (AvgIpc) is 3.44. The molecule has 0 radical (unpaired) electrons. The van der Waals surface area contributed by atoms with Crippen LogP contribution >= 0.6 is 0 Å². The van der Waals surface area contributed by atoms with Crippen LogP contribution in [-0.2, 0) is 17.9 Å². The molecule has 8 heteroatoms. The van der Waals surface area contributed by atoms with Gasteiger partial charge in [-0.15, -0.1) is 0 Å². The summed E-state index contributed by atoms with van der Waals surface area (Å²) in [6, 6.07) is 9.60. The van der Waals surface area contributed by atoms with Crippen LogP contribution in [0, 0.1) is 0 Å². The van der Waals surface area contributed by atoms with Crippen LogP contribution in [0.15, 0.2) is 36.7 Å². The Morgan fingerprint density at radius 3 is 2.57 bits per heavy atom. The number of rotatable bonds is 6. The van der Waals surface area contributed by atoms with Crippen molar-refractivity contribution in [1.29, 1.82) is 0 Å². The van der Waals surface area contributed by atoms with Gasteiger partial charge >= 0.3 is 0 Å². The van der Waals surface area contributed by atoms with Crippen molar-refractivity contribution in [1.82, 2.24) is 25.1 Å². The van der Waals surface area contributed by atoms with Gasteiger partial charge in [0.25, 0.3) is 11.8 Å². The Labute approximate surface area is 175 Å². The van der Waals surface area contributed by atoms with Crippen molar-refractivity contribution in [3.8, 4) is 0 Å². The SMILES string of the molecule is CC(C)NC(=O)c1ncn2c1C(=O)N(C1CC1)C(C)(C(=O)NCc1ccccc1)C2. The van der Waals surface area contributed by atoms with E-state index in [1.54, 1.807) is 16.4 Å². The quantitative estimate of drug-likeness (QED) is 0.759. The van der Waals surface area contributed by atoms with Crippen molar-refractivity contribution in [3.63, 3.8) is 0 Å². The molecular formula is C22H27N5O3. The van der Waals surface area contributed by atoms with Gasteiger partial charge in [0.1, 0.15) is 11.2 Å². The van der Waals surface area contributed by atoms with Crippen LogP contribution < -0.4 is 10.6 Å². The van der Waals surface area contributed by atoms with Crippen molar-refractivity contribution < 1.29 is 14.4 Å². The highest BCUT2D eigenvalue weighted by atomic mass is 16.2. The first-order valence-corrected chi connectivity index (χ1v) is 10.3. The zero-order valence-electron chi connectivity index (χ0n) is 17.5. The molecule has 158 valence electrons. The van der Waals surface area contributed by atoms with E-state index in [4.69, 9.17) is 0 Å². The molecular weight excluding hydrogens is 382 g/mol. The number of fused-ring (bicyclic) bond motifs is 1. The van der Waals surface area contributed by atoms with Crippen molar-refractivity contribution in [3.05, 3.63) is 53.6 Å². The van der Waals surface area contributed by atoms with Crippen molar-refractivity contribution in [2.24, 2.45) is 0 Å². The van der Waals surface area contributed by atoms with Gasteiger partial charge in [-0.05, 0) is 39.2 Å². The average molecular weight is 409 g/mol. The second-order valence-corrected chi connectivity index (χ2v) is 8.55. The molecule has 2 aliphatic rings. The lowest BCUT2D eigenvalue weighted by molar-refractivity contribution is -0.133. The molecule has 2 N–H and O–H groups in total. The predicted octanol–water partition coefficient (Wildman–Crippen LogP) is 1.71. The van der Waals surface area contributed by atoms with Crippen molar-refractivity contribution >= 4 is 17.7 Å². The Balaban J connectivity index is 1.62. The third-order valence-corrected chi connectivity index (χ3v) is 5.60. The van der Waals surface area contributed by atoms with E-state index in [9.17, 15) is 14.4 Å². The fourth-order valence-corrected chi connectivity index (χ4v) is 4.02. The summed E-state index contributed by atoms with van der Waals surface area (Å²) in [5.41, 5.74) is 0.317. The molecule has 1 unspecified atom stereocenters. The molecule has 2 aromatic rings. The van der Waals surface area contributed by atoms with Crippen LogP contribution in [0.2, 0.25) is 0 Å². The first-order chi connectivity index (χ1) is 14.3. The molecule has 3 amide bonds. The minimum absolute atomic E-state index is 0.00892. The Kier molecular flexibility index (Phi) is 5.09. The maximum Gasteiger partial charge on any atom is 0.274 e. The molecule has 0 spiro atoms. The third-order valence-electron chi connectivity index (χ3n) is 5.60. The van der Waals surface area contributed by atoms with Gasteiger partial charge in [-0.1, -0.05) is 30.3 Å². The Hall–Kier alpha value is -3.16. The highest BCUT2D eigenvalue weighted by Crippen LogP contribution is 2.38. The van der Waals surface area contributed by atoms with Crippen LogP contribution in [-0.4, -0.2) is 49.8 Å². The second kappa shape index (κ2) is 7.59. The normalized spacial score (nSPS) is 20.8. The van der Waals surface area contributed by atoms with E-state index in [1.165, 1.54) is 6.33 Å². The fraction of sp³-hybridized carbons (Fsp3) is 0.455. The number of imidazole rings is 1. The maximum atomic E-state index is 13.5. The van der Waals surface area contributed by atoms with E-state index in [0.717, 1.165) is 18.4 Å². The van der Waals surface area contributed by atoms with Crippen LogP contribution in [0.3, 0.4) is 0 Å². The van der Waals surface area contributed by atoms with Gasteiger partial charge < -0.3 is 20.1 Å². The number of carbonyl (C=O) groups is 3. The van der Waals surface area contributed by atoms with Crippen molar-refractivity contribution in [2.45, 2.75) is 64.3 Å². The Bertz CT molecular complexity index is 980. The number of carbonyl (C=O) groups excluding carboxylic acids is 3. The maximum absolute atomic E-state index is 13.5. The lowest BCUT2D eigenvalue weighted by Gasteiger charge is -2.44. The van der Waals surface area contributed by atoms with Gasteiger partial charge in [0, 0.05) is 18.6 Å². The second-order valence-electron chi connectivity index (χ2n) is 8.55. The van der Waals surface area contributed by atoms with E-state index in [0.29, 0.717) is 6.54 Å². The van der Waals surface area contributed by atoms with Gasteiger partial charge in [-0.3, -0.25) is 14.4 Å². The summed E-state index contributed by atoms with van der Waals surface area (Å²) in [4.78, 5) is 45.1. The molecule has 0 bridgehead atoms. The number of nitrogens with one attached hydrogen (secondary N) is 2. The summed E-state index contributed by atoms with van der Waals surface area (Å²) < 4.78 is 1.64. The number of aromatic nitrogens is 2. The smallest absolute Gasteiger partial charge is 0.274 e. The summed E-state index contributed by atoms with van der Waals surface area (Å²) in [7, 11) is 0. The third kappa shape index (κ3) is 3.58. The molecule has 8 nitrogen and oxygen atoms in total. The zero-order valence-corrected chi connectivity index (χ0v) is 17.5. The first-order valence-electron chi connectivity index (χ1n) is 10.3. The van der Waals surface area contributed by atoms with Gasteiger partial charge in [0.05, 0.1) is 12.9 Å². The summed E-state index contributed by atoms with van der Waals surface area (Å²) in [5.74, 6) is -0.897. The van der Waals surface area contributed by atoms with E-state index in [1.807, 2.05) is 44.2 Å². The van der Waals surface area contributed by atoms with Crippen molar-refractivity contribution in [2.75, 3.05) is 0 Å². The minimum Gasteiger partial charge on any atom is -0.350 e. The van der Waals surface area contributed by atoms with E-state index >= 15 is 0 Å². The fourth-order valence-electron chi connectivity index (χ4n) is 4.02. The summed E-state index contributed by atoms with van der Waals surface area (Å²) in [6.45, 7) is 6.15. The minimum atomic E-state index is -1.05. The molecule has 0 saturated heterocycles. The number of nitrogens with zero attached hydrogens (tertiary/aromatic N) is 3. The lowest BCUT2D eigenvalue weighted by Crippen LogP contribution is -2.64. The Morgan fingerprint density at radius 1 is 1.23 bits per heavy atom. The van der Waals surface area contributed by atoms with E-state index < -0.39 is 5.54 Å². The molecule has 1 saturated carbocycles. The topological polar surface area (TPSA) is 96.3 Å².